The summed E-state index contributed by atoms with van der Waals surface area (Å²) in [4.78, 5) is 28.8. The van der Waals surface area contributed by atoms with Crippen LogP contribution in [0.5, 0.6) is 5.75 Å². The largest absolute Gasteiger partial charge is 0.484 e. The number of nitrogens with one attached hydrogen (secondary N) is 2. The quantitative estimate of drug-likeness (QED) is 0.514. The molecule has 4 unspecified atom stereocenters. The number of thioether (sulfide) groups is 1. The maximum absolute atomic E-state index is 12.3. The van der Waals surface area contributed by atoms with Crippen LogP contribution in [0.3, 0.4) is 0 Å². The molecule has 0 saturated heterocycles. The van der Waals surface area contributed by atoms with E-state index in [4.69, 9.17) is 4.74 Å². The molecule has 33 heavy (non-hydrogen) atoms. The zero-order chi connectivity index (χ0) is 22.5. The molecule has 7 heteroatoms. The number of carbonyl (C=O) groups excluding carboxylic acids is 1. The number of ether oxygens (including phenoxy) is 1. The zero-order valence-corrected chi connectivity index (χ0v) is 20.0. The molecule has 3 aromatic rings. The molecule has 0 spiro atoms. The second-order valence-electron chi connectivity index (χ2n) is 9.45. The van der Waals surface area contributed by atoms with Gasteiger partial charge >= 0.3 is 4.87 Å². The highest BCUT2D eigenvalue weighted by Crippen LogP contribution is 2.63. The standard InChI is InChI=1S/C26H26N2O3S2/c1-14-2-8-18(9-3-14)27-20(29)13-31-19-10-6-15(7-11-19)21-22-16-4-5-17(12-16)23(22)32-25-24(21)33-26(30)28-25/h2-3,6-11,16-17,21-23H,4-5,12-13H2,1H3,(H,27,29)(H,28,30)/t16?,17?,21-,22?,23?/m1/s1. The van der Waals surface area contributed by atoms with Crippen molar-refractivity contribution in [1.29, 1.82) is 0 Å². The SMILES string of the molecule is Cc1ccc(NC(=O)COc2ccc([C@H]3c4sc(=O)[nH]c4SC4C5CCC(C5)C43)cc2)cc1. The number of benzene rings is 2. The van der Waals surface area contributed by atoms with Gasteiger partial charge in [0.05, 0.1) is 5.03 Å². The van der Waals surface area contributed by atoms with E-state index in [0.717, 1.165) is 28.1 Å². The fourth-order valence-corrected chi connectivity index (χ4v) is 8.87. The van der Waals surface area contributed by atoms with Gasteiger partial charge in [0.25, 0.3) is 5.91 Å². The number of aromatic nitrogens is 1. The third kappa shape index (κ3) is 3.91. The summed E-state index contributed by atoms with van der Waals surface area (Å²) in [6.07, 6.45) is 3.97. The van der Waals surface area contributed by atoms with Crippen LogP contribution in [-0.4, -0.2) is 22.7 Å². The highest BCUT2D eigenvalue weighted by atomic mass is 32.2. The third-order valence-corrected chi connectivity index (χ3v) is 10.0. The summed E-state index contributed by atoms with van der Waals surface area (Å²) in [5.74, 6) is 2.89. The minimum absolute atomic E-state index is 0.0364. The number of hydrogen-bond donors (Lipinski definition) is 2. The van der Waals surface area contributed by atoms with Gasteiger partial charge in [0, 0.05) is 21.7 Å². The maximum Gasteiger partial charge on any atom is 0.305 e. The fraction of sp³-hybridized carbons (Fsp3) is 0.385. The Hall–Kier alpha value is -2.51. The van der Waals surface area contributed by atoms with Crippen molar-refractivity contribution in [3.8, 4) is 5.75 Å². The smallest absolute Gasteiger partial charge is 0.305 e. The maximum atomic E-state index is 12.3. The van der Waals surface area contributed by atoms with Crippen LogP contribution in [0.2, 0.25) is 0 Å². The Labute approximate surface area is 201 Å². The van der Waals surface area contributed by atoms with Gasteiger partial charge in [0.1, 0.15) is 5.75 Å². The Morgan fingerprint density at radius 2 is 1.85 bits per heavy atom. The van der Waals surface area contributed by atoms with Gasteiger partial charge in [0.2, 0.25) is 0 Å². The number of anilines is 1. The molecule has 5 nitrogen and oxygen atoms in total. The monoisotopic (exact) mass is 478 g/mol. The normalized spacial score (nSPS) is 27.1. The molecule has 2 bridgehead atoms. The number of carbonyl (C=O) groups is 1. The first kappa shape index (κ1) is 21.1. The van der Waals surface area contributed by atoms with E-state index < -0.39 is 0 Å². The fourth-order valence-electron chi connectivity index (χ4n) is 5.98. The van der Waals surface area contributed by atoms with Crippen molar-refractivity contribution in [2.24, 2.45) is 17.8 Å². The van der Waals surface area contributed by atoms with Crippen LogP contribution in [0.15, 0.2) is 58.4 Å². The molecule has 1 amide bonds. The lowest BCUT2D eigenvalue weighted by Crippen LogP contribution is -2.33. The van der Waals surface area contributed by atoms with Crippen molar-refractivity contribution in [3.05, 3.63) is 74.2 Å². The van der Waals surface area contributed by atoms with Gasteiger partial charge in [-0.15, -0.1) is 11.8 Å². The van der Waals surface area contributed by atoms with Crippen molar-refractivity contribution < 1.29 is 9.53 Å². The summed E-state index contributed by atoms with van der Waals surface area (Å²) in [5.41, 5.74) is 3.16. The molecule has 0 radical (unpaired) electrons. The van der Waals surface area contributed by atoms with E-state index in [1.165, 1.54) is 41.0 Å². The molecule has 1 aromatic heterocycles. The lowest BCUT2D eigenvalue weighted by Gasteiger charge is -2.40. The summed E-state index contributed by atoms with van der Waals surface area (Å²) in [5, 5.41) is 4.54. The van der Waals surface area contributed by atoms with Gasteiger partial charge in [-0.25, -0.2) is 0 Å². The van der Waals surface area contributed by atoms with Gasteiger partial charge in [-0.05, 0) is 73.8 Å². The number of H-pyrrole nitrogens is 1. The zero-order valence-electron chi connectivity index (χ0n) is 18.4. The number of fused-ring (bicyclic) bond motifs is 6. The number of amides is 1. The van der Waals surface area contributed by atoms with Crippen molar-refractivity contribution in [2.75, 3.05) is 11.9 Å². The predicted octanol–water partition coefficient (Wildman–Crippen LogP) is 5.41. The Morgan fingerprint density at radius 3 is 2.64 bits per heavy atom. The average molecular weight is 479 g/mol. The molecular weight excluding hydrogens is 452 g/mol. The lowest BCUT2D eigenvalue weighted by atomic mass is 9.75. The van der Waals surface area contributed by atoms with E-state index in [1.807, 2.05) is 55.1 Å². The van der Waals surface area contributed by atoms with Crippen LogP contribution in [0.25, 0.3) is 0 Å². The summed E-state index contributed by atoms with van der Waals surface area (Å²) in [6, 6.07) is 15.8. The first-order valence-electron chi connectivity index (χ1n) is 11.5. The molecule has 2 heterocycles. The van der Waals surface area contributed by atoms with Crippen LogP contribution < -0.4 is 14.9 Å². The minimum atomic E-state index is -0.182. The summed E-state index contributed by atoms with van der Waals surface area (Å²) < 4.78 is 5.75. The highest BCUT2D eigenvalue weighted by molar-refractivity contribution is 8.00. The molecule has 2 saturated carbocycles. The second-order valence-corrected chi connectivity index (χ2v) is 11.7. The van der Waals surface area contributed by atoms with Crippen LogP contribution in [-0.2, 0) is 4.79 Å². The first-order chi connectivity index (χ1) is 16.0. The van der Waals surface area contributed by atoms with E-state index in [9.17, 15) is 9.59 Å². The molecule has 170 valence electrons. The molecule has 6 rings (SSSR count). The second kappa shape index (κ2) is 8.37. The first-order valence-corrected chi connectivity index (χ1v) is 13.2. The van der Waals surface area contributed by atoms with Crippen LogP contribution in [0.4, 0.5) is 5.69 Å². The third-order valence-electron chi connectivity index (χ3n) is 7.41. The highest BCUT2D eigenvalue weighted by Gasteiger charge is 2.54. The van der Waals surface area contributed by atoms with Gasteiger partial charge < -0.3 is 15.0 Å². The molecule has 2 fully saturated rings. The summed E-state index contributed by atoms with van der Waals surface area (Å²) in [7, 11) is 0. The molecule has 1 aliphatic heterocycles. The number of aryl methyl sites for hydroxylation is 1. The van der Waals surface area contributed by atoms with Crippen LogP contribution in [0, 0.1) is 24.7 Å². The average Bonchev–Trinajstić information content (AvgIpc) is 3.52. The van der Waals surface area contributed by atoms with Crippen molar-refractivity contribution in [3.63, 3.8) is 0 Å². The number of rotatable bonds is 5. The summed E-state index contributed by atoms with van der Waals surface area (Å²) in [6.45, 7) is 1.98. The van der Waals surface area contributed by atoms with Crippen molar-refractivity contribution in [2.45, 2.75) is 42.4 Å². The van der Waals surface area contributed by atoms with Gasteiger partial charge in [-0.2, -0.15) is 0 Å². The van der Waals surface area contributed by atoms with Gasteiger partial charge in [0.15, 0.2) is 6.61 Å². The Bertz CT molecular complexity index is 1230. The van der Waals surface area contributed by atoms with E-state index in [1.54, 1.807) is 0 Å². The molecule has 2 aliphatic carbocycles. The molecule has 2 aromatic carbocycles. The Balaban J connectivity index is 1.17. The number of hydrogen-bond acceptors (Lipinski definition) is 5. The van der Waals surface area contributed by atoms with E-state index in [0.29, 0.717) is 16.9 Å². The number of aromatic amines is 1. The number of thiazole rings is 1. The van der Waals surface area contributed by atoms with Crippen LogP contribution >= 0.6 is 23.1 Å². The van der Waals surface area contributed by atoms with Crippen LogP contribution in [0.1, 0.15) is 41.2 Å². The molecule has 3 aliphatic rings. The lowest BCUT2D eigenvalue weighted by molar-refractivity contribution is -0.118. The van der Waals surface area contributed by atoms with E-state index in [-0.39, 0.29) is 23.3 Å². The molecule has 2 N–H and O–H groups in total. The van der Waals surface area contributed by atoms with Gasteiger partial charge in [-0.1, -0.05) is 41.2 Å². The topological polar surface area (TPSA) is 71.2 Å². The van der Waals surface area contributed by atoms with Gasteiger partial charge in [-0.3, -0.25) is 9.59 Å². The molecular formula is C26H26N2O3S2. The summed E-state index contributed by atoms with van der Waals surface area (Å²) >= 11 is 3.28. The van der Waals surface area contributed by atoms with E-state index in [2.05, 4.69) is 22.4 Å². The predicted molar refractivity (Wildman–Crippen MR) is 132 cm³/mol. The Kier molecular flexibility index (Phi) is 5.34. The van der Waals surface area contributed by atoms with Crippen molar-refractivity contribution in [1.82, 2.24) is 4.98 Å². The minimum Gasteiger partial charge on any atom is -0.484 e. The van der Waals surface area contributed by atoms with Crippen molar-refractivity contribution >= 4 is 34.7 Å². The van der Waals surface area contributed by atoms with E-state index >= 15 is 0 Å². The Morgan fingerprint density at radius 1 is 1.09 bits per heavy atom. The molecule has 5 atom stereocenters.